The Kier molecular flexibility index (Phi) is 3.01. The summed E-state index contributed by atoms with van der Waals surface area (Å²) in [6, 6.07) is 3.76. The summed E-state index contributed by atoms with van der Waals surface area (Å²) in [6.45, 7) is 2.33. The predicted octanol–water partition coefficient (Wildman–Crippen LogP) is 1.48. The summed E-state index contributed by atoms with van der Waals surface area (Å²) in [6.07, 6.45) is 3.48. The van der Waals surface area contributed by atoms with Crippen LogP contribution in [0.4, 0.5) is 0 Å². The summed E-state index contributed by atoms with van der Waals surface area (Å²) in [7, 11) is 0. The second kappa shape index (κ2) is 4.29. The van der Waals surface area contributed by atoms with Crippen LogP contribution in [0.2, 0.25) is 0 Å². The number of carbonyl (C=O) groups excluding carboxylic acids is 1. The van der Waals surface area contributed by atoms with Crippen molar-refractivity contribution in [2.75, 3.05) is 0 Å². The lowest BCUT2D eigenvalue weighted by Crippen LogP contribution is -2.49. The number of nitrogens with two attached hydrogens (primary N) is 1. The topological polar surface area (TPSA) is 68.3 Å². The molecule has 1 fully saturated rings. The van der Waals surface area contributed by atoms with E-state index >= 15 is 0 Å². The summed E-state index contributed by atoms with van der Waals surface area (Å²) >= 11 is 0. The van der Waals surface area contributed by atoms with Gasteiger partial charge in [-0.05, 0) is 38.3 Å². The number of hydrogen-bond acceptors (Lipinski definition) is 3. The zero-order chi connectivity index (χ0) is 11.6. The number of amides is 1. The molecule has 1 aliphatic carbocycles. The number of hydrogen-bond donors (Lipinski definition) is 2. The van der Waals surface area contributed by atoms with Crippen LogP contribution in [0.3, 0.4) is 0 Å². The van der Waals surface area contributed by atoms with Crippen LogP contribution in [0.15, 0.2) is 16.5 Å². The fourth-order valence-electron chi connectivity index (χ4n) is 1.96. The quantitative estimate of drug-likeness (QED) is 0.810. The van der Waals surface area contributed by atoms with Crippen LogP contribution in [0.25, 0.3) is 0 Å². The van der Waals surface area contributed by atoms with E-state index in [9.17, 15) is 4.79 Å². The maximum Gasteiger partial charge on any atom is 0.222 e. The average molecular weight is 222 g/mol. The van der Waals surface area contributed by atoms with E-state index in [1.165, 1.54) is 0 Å². The van der Waals surface area contributed by atoms with Crippen molar-refractivity contribution in [2.45, 2.75) is 44.7 Å². The van der Waals surface area contributed by atoms with Gasteiger partial charge in [0, 0.05) is 12.0 Å². The zero-order valence-electron chi connectivity index (χ0n) is 9.58. The van der Waals surface area contributed by atoms with Crippen LogP contribution in [0.1, 0.15) is 37.2 Å². The maximum atomic E-state index is 11.6. The van der Waals surface area contributed by atoms with E-state index < -0.39 is 0 Å². The highest BCUT2D eigenvalue weighted by molar-refractivity contribution is 5.77. The van der Waals surface area contributed by atoms with Crippen molar-refractivity contribution in [2.24, 2.45) is 5.73 Å². The first kappa shape index (κ1) is 11.2. The second-order valence-electron chi connectivity index (χ2n) is 4.68. The first-order valence-electron chi connectivity index (χ1n) is 5.68. The molecule has 0 aromatic carbocycles. The molecule has 1 amide bonds. The monoisotopic (exact) mass is 222 g/mol. The third-order valence-electron chi connectivity index (χ3n) is 3.12. The van der Waals surface area contributed by atoms with Gasteiger partial charge in [-0.1, -0.05) is 0 Å². The number of aryl methyl sites for hydroxylation is 1. The number of furan rings is 1. The van der Waals surface area contributed by atoms with Crippen molar-refractivity contribution >= 4 is 5.91 Å². The number of rotatable bonds is 4. The molecule has 1 heterocycles. The largest absolute Gasteiger partial charge is 0.465 e. The Morgan fingerprint density at radius 3 is 2.81 bits per heavy atom. The highest BCUT2D eigenvalue weighted by Gasteiger charge is 2.34. The van der Waals surface area contributed by atoms with Gasteiger partial charge in [0.25, 0.3) is 0 Å². The summed E-state index contributed by atoms with van der Waals surface area (Å²) in [5.74, 6) is 1.65. The van der Waals surface area contributed by atoms with Gasteiger partial charge in [0.1, 0.15) is 11.5 Å². The molecule has 4 nitrogen and oxygen atoms in total. The van der Waals surface area contributed by atoms with E-state index in [-0.39, 0.29) is 11.4 Å². The molecule has 4 heteroatoms. The van der Waals surface area contributed by atoms with Crippen molar-refractivity contribution in [3.63, 3.8) is 0 Å². The van der Waals surface area contributed by atoms with Crippen molar-refractivity contribution in [1.82, 2.24) is 5.32 Å². The second-order valence-corrected chi connectivity index (χ2v) is 4.68. The Hall–Kier alpha value is -1.29. The van der Waals surface area contributed by atoms with Crippen molar-refractivity contribution in [1.29, 1.82) is 0 Å². The van der Waals surface area contributed by atoms with E-state index in [0.29, 0.717) is 13.0 Å². The molecule has 0 bridgehead atoms. The van der Waals surface area contributed by atoms with Gasteiger partial charge in [-0.15, -0.1) is 0 Å². The molecule has 1 aliphatic rings. The van der Waals surface area contributed by atoms with E-state index in [4.69, 9.17) is 10.2 Å². The summed E-state index contributed by atoms with van der Waals surface area (Å²) in [4.78, 5) is 11.6. The first-order chi connectivity index (χ1) is 7.57. The van der Waals surface area contributed by atoms with Crippen LogP contribution in [-0.4, -0.2) is 11.4 Å². The zero-order valence-corrected chi connectivity index (χ0v) is 9.58. The Bertz CT molecular complexity index is 380. The smallest absolute Gasteiger partial charge is 0.222 e. The molecule has 0 unspecified atom stereocenters. The fourth-order valence-corrected chi connectivity index (χ4v) is 1.96. The van der Waals surface area contributed by atoms with Gasteiger partial charge >= 0.3 is 0 Å². The van der Waals surface area contributed by atoms with Gasteiger partial charge in [0.2, 0.25) is 5.91 Å². The Morgan fingerprint density at radius 1 is 1.56 bits per heavy atom. The Labute approximate surface area is 95.2 Å². The molecule has 3 N–H and O–H groups in total. The van der Waals surface area contributed by atoms with Crippen LogP contribution in [0, 0.1) is 6.92 Å². The fraction of sp³-hybridized carbons (Fsp3) is 0.583. The molecular formula is C12H18N2O2. The molecule has 2 rings (SSSR count). The van der Waals surface area contributed by atoms with Crippen LogP contribution < -0.4 is 11.1 Å². The van der Waals surface area contributed by atoms with Crippen molar-refractivity contribution in [3.05, 3.63) is 23.7 Å². The van der Waals surface area contributed by atoms with Crippen molar-refractivity contribution < 1.29 is 9.21 Å². The lowest BCUT2D eigenvalue weighted by atomic mass is 9.75. The molecule has 0 aliphatic heterocycles. The van der Waals surface area contributed by atoms with E-state index in [1.54, 1.807) is 0 Å². The molecule has 0 spiro atoms. The minimum atomic E-state index is -0.247. The lowest BCUT2D eigenvalue weighted by molar-refractivity contribution is -0.123. The molecule has 0 radical (unpaired) electrons. The maximum absolute atomic E-state index is 11.6. The van der Waals surface area contributed by atoms with E-state index in [2.05, 4.69) is 5.32 Å². The van der Waals surface area contributed by atoms with Crippen LogP contribution in [-0.2, 0) is 11.3 Å². The van der Waals surface area contributed by atoms with Gasteiger partial charge in [0.05, 0.1) is 6.54 Å². The minimum absolute atomic E-state index is 0.0104. The Balaban J connectivity index is 1.75. The molecule has 1 aromatic rings. The molecule has 0 atom stereocenters. The molecule has 1 aromatic heterocycles. The third kappa shape index (κ3) is 2.64. The van der Waals surface area contributed by atoms with Crippen LogP contribution >= 0.6 is 0 Å². The Morgan fingerprint density at radius 2 is 2.31 bits per heavy atom. The molecule has 16 heavy (non-hydrogen) atoms. The van der Waals surface area contributed by atoms with Gasteiger partial charge in [-0.3, -0.25) is 4.79 Å². The van der Waals surface area contributed by atoms with E-state index in [1.807, 2.05) is 19.1 Å². The highest BCUT2D eigenvalue weighted by Crippen LogP contribution is 2.31. The predicted molar refractivity (Wildman–Crippen MR) is 60.7 cm³/mol. The number of carbonyl (C=O) groups is 1. The van der Waals surface area contributed by atoms with Crippen molar-refractivity contribution in [3.8, 4) is 0 Å². The van der Waals surface area contributed by atoms with Gasteiger partial charge in [0.15, 0.2) is 0 Å². The van der Waals surface area contributed by atoms with Gasteiger partial charge in [-0.25, -0.2) is 0 Å². The normalized spacial score (nSPS) is 17.9. The summed E-state index contributed by atoms with van der Waals surface area (Å²) < 4.78 is 5.36. The standard InChI is InChI=1S/C12H18N2O2/c1-9-3-4-10(16-9)8-14-11(15)7-12(13)5-2-6-12/h3-4H,2,5-8,13H2,1H3,(H,14,15). The lowest BCUT2D eigenvalue weighted by Gasteiger charge is -2.37. The molecule has 1 saturated carbocycles. The number of nitrogens with one attached hydrogen (secondary N) is 1. The van der Waals surface area contributed by atoms with Gasteiger partial charge in [-0.2, -0.15) is 0 Å². The summed E-state index contributed by atoms with van der Waals surface area (Å²) in [5.41, 5.74) is 5.75. The average Bonchev–Trinajstić information content (AvgIpc) is 2.59. The van der Waals surface area contributed by atoms with Crippen LogP contribution in [0.5, 0.6) is 0 Å². The first-order valence-corrected chi connectivity index (χ1v) is 5.68. The third-order valence-corrected chi connectivity index (χ3v) is 3.12. The van der Waals surface area contributed by atoms with Gasteiger partial charge < -0.3 is 15.5 Å². The molecular weight excluding hydrogens is 204 g/mol. The minimum Gasteiger partial charge on any atom is -0.465 e. The summed E-state index contributed by atoms with van der Waals surface area (Å²) in [5, 5.41) is 2.82. The molecule has 88 valence electrons. The highest BCUT2D eigenvalue weighted by atomic mass is 16.3. The van der Waals surface area contributed by atoms with E-state index in [0.717, 1.165) is 30.8 Å². The molecule has 0 saturated heterocycles. The SMILES string of the molecule is Cc1ccc(CNC(=O)CC2(N)CCC2)o1.